The minimum Gasteiger partial charge on any atom is -0.494 e. The molecule has 2 aromatic carbocycles. The van der Waals surface area contributed by atoms with Crippen LogP contribution in [0.2, 0.25) is 0 Å². The first kappa shape index (κ1) is 18.8. The second-order valence-electron chi connectivity index (χ2n) is 5.85. The molecule has 0 aromatic heterocycles. The van der Waals surface area contributed by atoms with Crippen LogP contribution in [0.4, 0.5) is 0 Å². The Kier molecular flexibility index (Phi) is 7.33. The highest BCUT2D eigenvalue weighted by Crippen LogP contribution is 2.19. The van der Waals surface area contributed by atoms with Gasteiger partial charge >= 0.3 is 0 Å². The van der Waals surface area contributed by atoms with Gasteiger partial charge < -0.3 is 14.8 Å². The smallest absolute Gasteiger partial charge is 0.251 e. The molecule has 0 aliphatic heterocycles. The Balaban J connectivity index is 1.77. The van der Waals surface area contributed by atoms with Gasteiger partial charge in [-0.2, -0.15) is 0 Å². The number of carbonyl (C=O) groups is 1. The molecule has 0 bridgehead atoms. The zero-order chi connectivity index (χ0) is 18.1. The van der Waals surface area contributed by atoms with Gasteiger partial charge in [0.15, 0.2) is 0 Å². The standard InChI is InChI=1S/C21H27NO3/c1-4-24-19-11-8-17(9-12-19)7-6-14-22-21(23)18-10-13-20(25-5-2)16(3)15-18/h8-13,15H,4-7,14H2,1-3H3,(H,22,23). The van der Waals surface area contributed by atoms with E-state index in [9.17, 15) is 4.79 Å². The maximum Gasteiger partial charge on any atom is 0.251 e. The van der Waals surface area contributed by atoms with Crippen LogP contribution in [0.15, 0.2) is 42.5 Å². The van der Waals surface area contributed by atoms with Crippen molar-refractivity contribution in [2.75, 3.05) is 19.8 Å². The molecule has 0 radical (unpaired) electrons. The van der Waals surface area contributed by atoms with Crippen LogP contribution < -0.4 is 14.8 Å². The molecule has 25 heavy (non-hydrogen) atoms. The normalized spacial score (nSPS) is 10.4. The largest absolute Gasteiger partial charge is 0.494 e. The Morgan fingerprint density at radius 1 is 1.00 bits per heavy atom. The number of hydrogen-bond donors (Lipinski definition) is 1. The van der Waals surface area contributed by atoms with Crippen molar-refractivity contribution in [3.8, 4) is 11.5 Å². The number of benzene rings is 2. The Labute approximate surface area is 150 Å². The van der Waals surface area contributed by atoms with Crippen molar-refractivity contribution in [1.82, 2.24) is 5.32 Å². The van der Waals surface area contributed by atoms with E-state index in [4.69, 9.17) is 9.47 Å². The van der Waals surface area contributed by atoms with E-state index in [-0.39, 0.29) is 5.91 Å². The minimum atomic E-state index is -0.0437. The molecule has 0 aliphatic carbocycles. The van der Waals surface area contributed by atoms with Crippen LogP contribution in [-0.2, 0) is 6.42 Å². The average Bonchev–Trinajstić information content (AvgIpc) is 2.62. The van der Waals surface area contributed by atoms with Gasteiger partial charge in [0.05, 0.1) is 13.2 Å². The van der Waals surface area contributed by atoms with Crippen LogP contribution in [0.3, 0.4) is 0 Å². The van der Waals surface area contributed by atoms with E-state index in [1.54, 1.807) is 6.07 Å². The monoisotopic (exact) mass is 341 g/mol. The Morgan fingerprint density at radius 2 is 1.72 bits per heavy atom. The molecule has 0 saturated carbocycles. The third-order valence-corrected chi connectivity index (χ3v) is 3.90. The van der Waals surface area contributed by atoms with Crippen molar-refractivity contribution < 1.29 is 14.3 Å². The Bertz CT molecular complexity index is 680. The molecular formula is C21H27NO3. The fourth-order valence-corrected chi connectivity index (χ4v) is 2.62. The maximum atomic E-state index is 12.2. The number of aryl methyl sites for hydroxylation is 2. The van der Waals surface area contributed by atoms with E-state index < -0.39 is 0 Å². The van der Waals surface area contributed by atoms with Gasteiger partial charge in [-0.15, -0.1) is 0 Å². The lowest BCUT2D eigenvalue weighted by atomic mass is 10.1. The lowest BCUT2D eigenvalue weighted by Crippen LogP contribution is -2.24. The number of ether oxygens (including phenoxy) is 2. The molecule has 2 aromatic rings. The molecule has 0 spiro atoms. The van der Waals surface area contributed by atoms with Gasteiger partial charge in [-0.05, 0) is 75.1 Å². The number of nitrogens with one attached hydrogen (secondary N) is 1. The summed E-state index contributed by atoms with van der Waals surface area (Å²) in [7, 11) is 0. The molecule has 4 heteroatoms. The van der Waals surface area contributed by atoms with E-state index in [2.05, 4.69) is 17.4 Å². The summed E-state index contributed by atoms with van der Waals surface area (Å²) < 4.78 is 10.9. The topological polar surface area (TPSA) is 47.6 Å². The molecule has 0 saturated heterocycles. The van der Waals surface area contributed by atoms with Crippen LogP contribution in [0.25, 0.3) is 0 Å². The zero-order valence-corrected chi connectivity index (χ0v) is 15.3. The van der Waals surface area contributed by atoms with E-state index in [1.807, 2.05) is 45.0 Å². The predicted molar refractivity (Wildman–Crippen MR) is 101 cm³/mol. The average molecular weight is 341 g/mol. The van der Waals surface area contributed by atoms with E-state index in [0.29, 0.717) is 25.3 Å². The summed E-state index contributed by atoms with van der Waals surface area (Å²) in [6.07, 6.45) is 1.82. The maximum absolute atomic E-state index is 12.2. The molecule has 0 aliphatic rings. The molecule has 1 amide bonds. The molecule has 2 rings (SSSR count). The highest BCUT2D eigenvalue weighted by Gasteiger charge is 2.07. The fourth-order valence-electron chi connectivity index (χ4n) is 2.62. The Morgan fingerprint density at radius 3 is 2.36 bits per heavy atom. The molecule has 134 valence electrons. The predicted octanol–water partition coefficient (Wildman–Crippen LogP) is 4.16. The molecule has 0 unspecified atom stereocenters. The highest BCUT2D eigenvalue weighted by molar-refractivity contribution is 5.94. The number of carbonyl (C=O) groups excluding carboxylic acids is 1. The van der Waals surface area contributed by atoms with Gasteiger partial charge in [-0.25, -0.2) is 0 Å². The second kappa shape index (κ2) is 9.72. The summed E-state index contributed by atoms with van der Waals surface area (Å²) in [5.74, 6) is 1.68. The van der Waals surface area contributed by atoms with Crippen molar-refractivity contribution in [3.63, 3.8) is 0 Å². The first-order valence-electron chi connectivity index (χ1n) is 8.87. The summed E-state index contributed by atoms with van der Waals surface area (Å²) in [6, 6.07) is 13.6. The lowest BCUT2D eigenvalue weighted by molar-refractivity contribution is 0.0953. The van der Waals surface area contributed by atoms with Crippen molar-refractivity contribution in [1.29, 1.82) is 0 Å². The summed E-state index contributed by atoms with van der Waals surface area (Å²) >= 11 is 0. The molecule has 0 fully saturated rings. The Hall–Kier alpha value is -2.49. The van der Waals surface area contributed by atoms with Gasteiger partial charge in [0, 0.05) is 12.1 Å². The number of amides is 1. The first-order chi connectivity index (χ1) is 12.1. The van der Waals surface area contributed by atoms with E-state index >= 15 is 0 Å². The third kappa shape index (κ3) is 5.82. The molecule has 0 atom stereocenters. The van der Waals surface area contributed by atoms with Gasteiger partial charge in [0.25, 0.3) is 5.91 Å². The number of hydrogen-bond acceptors (Lipinski definition) is 3. The molecule has 0 heterocycles. The molecular weight excluding hydrogens is 314 g/mol. The summed E-state index contributed by atoms with van der Waals surface area (Å²) in [6.45, 7) is 7.83. The first-order valence-corrected chi connectivity index (χ1v) is 8.87. The van der Waals surface area contributed by atoms with Gasteiger partial charge in [0.2, 0.25) is 0 Å². The lowest BCUT2D eigenvalue weighted by Gasteiger charge is -2.10. The van der Waals surface area contributed by atoms with Crippen molar-refractivity contribution >= 4 is 5.91 Å². The summed E-state index contributed by atoms with van der Waals surface area (Å²) in [5, 5.41) is 2.98. The summed E-state index contributed by atoms with van der Waals surface area (Å²) in [4.78, 5) is 12.2. The van der Waals surface area contributed by atoms with Crippen LogP contribution >= 0.6 is 0 Å². The van der Waals surface area contributed by atoms with Crippen LogP contribution in [0.5, 0.6) is 11.5 Å². The van der Waals surface area contributed by atoms with Crippen LogP contribution in [0, 0.1) is 6.92 Å². The van der Waals surface area contributed by atoms with E-state index in [1.165, 1.54) is 5.56 Å². The molecule has 1 N–H and O–H groups in total. The summed E-state index contributed by atoms with van der Waals surface area (Å²) in [5.41, 5.74) is 2.89. The zero-order valence-electron chi connectivity index (χ0n) is 15.3. The van der Waals surface area contributed by atoms with Crippen molar-refractivity contribution in [3.05, 3.63) is 59.2 Å². The van der Waals surface area contributed by atoms with Gasteiger partial charge in [-0.3, -0.25) is 4.79 Å². The van der Waals surface area contributed by atoms with Gasteiger partial charge in [-0.1, -0.05) is 12.1 Å². The van der Waals surface area contributed by atoms with Crippen molar-refractivity contribution in [2.24, 2.45) is 0 Å². The quantitative estimate of drug-likeness (QED) is 0.697. The van der Waals surface area contributed by atoms with Crippen LogP contribution in [-0.4, -0.2) is 25.7 Å². The van der Waals surface area contributed by atoms with Gasteiger partial charge in [0.1, 0.15) is 11.5 Å². The fraction of sp³-hybridized carbons (Fsp3) is 0.381. The minimum absolute atomic E-state index is 0.0437. The second-order valence-corrected chi connectivity index (χ2v) is 5.85. The van der Waals surface area contributed by atoms with E-state index in [0.717, 1.165) is 29.9 Å². The third-order valence-electron chi connectivity index (χ3n) is 3.90. The van der Waals surface area contributed by atoms with Crippen molar-refractivity contribution in [2.45, 2.75) is 33.6 Å². The number of rotatable bonds is 9. The SMILES string of the molecule is CCOc1ccc(CCCNC(=O)c2ccc(OCC)c(C)c2)cc1. The van der Waals surface area contributed by atoms with Crippen LogP contribution in [0.1, 0.15) is 41.8 Å². The highest BCUT2D eigenvalue weighted by atomic mass is 16.5. The molecule has 4 nitrogen and oxygen atoms in total.